The molecule has 1 N–H and O–H groups in total. The molecule has 0 aliphatic carbocycles. The van der Waals surface area contributed by atoms with Crippen LogP contribution in [-0.2, 0) is 0 Å². The number of amides is 1. The zero-order valence-corrected chi connectivity index (χ0v) is 12.2. The highest BCUT2D eigenvalue weighted by Crippen LogP contribution is 2.13. The molecule has 4 heteroatoms. The molecule has 1 aromatic heterocycles. The van der Waals surface area contributed by atoms with E-state index < -0.39 is 0 Å². The largest absolute Gasteiger partial charge is 0.271 e. The molecule has 3 aromatic rings. The van der Waals surface area contributed by atoms with Crippen LogP contribution in [-0.4, -0.2) is 17.1 Å². The Kier molecular flexibility index (Phi) is 3.92. The number of carbonyl (C=O) groups excluding carboxylic acids is 1. The Bertz CT molecular complexity index is 838. The topological polar surface area (TPSA) is 54.4 Å². The number of nitrogens with zero attached hydrogens (tertiary/aromatic N) is 2. The fourth-order valence-corrected chi connectivity index (χ4v) is 2.10. The number of hydrogen-bond donors (Lipinski definition) is 1. The summed E-state index contributed by atoms with van der Waals surface area (Å²) in [5.74, 6) is -0.242. The highest BCUT2D eigenvalue weighted by Gasteiger charge is 2.05. The molecule has 4 nitrogen and oxygen atoms in total. The molecule has 0 aliphatic heterocycles. The summed E-state index contributed by atoms with van der Waals surface area (Å²) < 4.78 is 0. The first-order valence-corrected chi connectivity index (χ1v) is 6.97. The van der Waals surface area contributed by atoms with Crippen LogP contribution in [0.1, 0.15) is 21.5 Å². The first-order valence-electron chi connectivity index (χ1n) is 6.97. The molecule has 3 rings (SSSR count). The molecule has 0 saturated carbocycles. The van der Waals surface area contributed by atoms with Crippen LogP contribution in [0.25, 0.3) is 10.9 Å². The number of aryl methyl sites for hydroxylation is 1. The van der Waals surface area contributed by atoms with Gasteiger partial charge in [0.25, 0.3) is 5.91 Å². The van der Waals surface area contributed by atoms with Gasteiger partial charge in [0.05, 0.1) is 11.7 Å². The van der Waals surface area contributed by atoms with E-state index in [1.54, 1.807) is 24.5 Å². The lowest BCUT2D eigenvalue weighted by molar-refractivity contribution is 0.0955. The maximum absolute atomic E-state index is 12.1. The van der Waals surface area contributed by atoms with Gasteiger partial charge in [0.15, 0.2) is 0 Å². The second-order valence-corrected chi connectivity index (χ2v) is 5.02. The third-order valence-electron chi connectivity index (χ3n) is 3.32. The van der Waals surface area contributed by atoms with Crippen molar-refractivity contribution in [1.29, 1.82) is 0 Å². The second kappa shape index (κ2) is 6.18. The Morgan fingerprint density at radius 3 is 2.77 bits per heavy atom. The summed E-state index contributed by atoms with van der Waals surface area (Å²) in [6, 6.07) is 17.0. The number of hydrogen-bond acceptors (Lipinski definition) is 3. The second-order valence-electron chi connectivity index (χ2n) is 5.02. The van der Waals surface area contributed by atoms with Crippen molar-refractivity contribution in [2.45, 2.75) is 6.92 Å². The first-order chi connectivity index (χ1) is 10.7. The number of aromatic nitrogens is 1. The molecule has 0 unspecified atom stereocenters. The van der Waals surface area contributed by atoms with Crippen molar-refractivity contribution in [2.24, 2.45) is 5.10 Å². The van der Waals surface area contributed by atoms with E-state index >= 15 is 0 Å². The van der Waals surface area contributed by atoms with Gasteiger partial charge in [0.2, 0.25) is 0 Å². The molecular formula is C18H15N3O. The number of carbonyl (C=O) groups is 1. The van der Waals surface area contributed by atoms with Gasteiger partial charge < -0.3 is 0 Å². The molecule has 0 aliphatic rings. The predicted molar refractivity (Wildman–Crippen MR) is 88.0 cm³/mol. The molecule has 1 heterocycles. The van der Waals surface area contributed by atoms with Gasteiger partial charge in [-0.1, -0.05) is 35.9 Å². The van der Waals surface area contributed by atoms with Crippen molar-refractivity contribution >= 4 is 23.0 Å². The molecule has 108 valence electrons. The number of nitrogens with one attached hydrogen (secondary N) is 1. The summed E-state index contributed by atoms with van der Waals surface area (Å²) in [7, 11) is 0. The lowest BCUT2D eigenvalue weighted by atomic mass is 10.1. The Balaban J connectivity index is 1.71. The molecular weight excluding hydrogens is 274 g/mol. The normalized spacial score (nSPS) is 11.0. The summed E-state index contributed by atoms with van der Waals surface area (Å²) in [5.41, 5.74) is 6.08. The summed E-state index contributed by atoms with van der Waals surface area (Å²) in [5, 5.41) is 4.92. The minimum Gasteiger partial charge on any atom is -0.267 e. The quantitative estimate of drug-likeness (QED) is 0.594. The number of pyridine rings is 1. The van der Waals surface area contributed by atoms with Gasteiger partial charge in [0.1, 0.15) is 0 Å². The van der Waals surface area contributed by atoms with Crippen LogP contribution >= 0.6 is 0 Å². The SMILES string of the molecule is Cc1ccc(/C=N/NC(=O)c2ccc3ncccc3c2)cc1. The van der Waals surface area contributed by atoms with Crippen molar-refractivity contribution in [3.8, 4) is 0 Å². The van der Waals surface area contributed by atoms with Crippen LogP contribution in [0, 0.1) is 6.92 Å². The van der Waals surface area contributed by atoms with Crippen LogP contribution in [0.5, 0.6) is 0 Å². The van der Waals surface area contributed by atoms with Gasteiger partial charge in [-0.2, -0.15) is 5.10 Å². The molecule has 2 aromatic carbocycles. The van der Waals surface area contributed by atoms with Gasteiger partial charge in [0, 0.05) is 17.1 Å². The Morgan fingerprint density at radius 1 is 1.14 bits per heavy atom. The zero-order valence-electron chi connectivity index (χ0n) is 12.2. The van der Waals surface area contributed by atoms with E-state index in [2.05, 4.69) is 15.5 Å². The van der Waals surface area contributed by atoms with E-state index in [0.29, 0.717) is 5.56 Å². The van der Waals surface area contributed by atoms with Gasteiger partial charge in [-0.3, -0.25) is 9.78 Å². The number of fused-ring (bicyclic) bond motifs is 1. The van der Waals surface area contributed by atoms with E-state index in [1.807, 2.05) is 49.4 Å². The standard InChI is InChI=1S/C18H15N3O/c1-13-4-6-14(7-5-13)12-20-21-18(22)16-8-9-17-15(11-16)3-2-10-19-17/h2-12H,1H3,(H,21,22)/b20-12+. The Hall–Kier alpha value is -3.01. The number of benzene rings is 2. The number of hydrazone groups is 1. The predicted octanol–water partition coefficient (Wildman–Crippen LogP) is 3.31. The van der Waals surface area contributed by atoms with Crippen molar-refractivity contribution < 1.29 is 4.79 Å². The maximum atomic E-state index is 12.1. The van der Waals surface area contributed by atoms with Crippen molar-refractivity contribution in [2.75, 3.05) is 0 Å². The molecule has 0 bridgehead atoms. The third-order valence-corrected chi connectivity index (χ3v) is 3.32. The van der Waals surface area contributed by atoms with E-state index in [1.165, 1.54) is 5.56 Å². The van der Waals surface area contributed by atoms with Gasteiger partial charge in [-0.25, -0.2) is 5.43 Å². The molecule has 1 amide bonds. The Labute approximate surface area is 128 Å². The smallest absolute Gasteiger partial charge is 0.267 e. The fraction of sp³-hybridized carbons (Fsp3) is 0.0556. The molecule has 0 spiro atoms. The molecule has 0 radical (unpaired) electrons. The van der Waals surface area contributed by atoms with E-state index in [0.717, 1.165) is 16.5 Å². The van der Waals surface area contributed by atoms with Crippen LogP contribution in [0.3, 0.4) is 0 Å². The van der Waals surface area contributed by atoms with Crippen LogP contribution in [0.4, 0.5) is 0 Å². The van der Waals surface area contributed by atoms with Gasteiger partial charge in [-0.05, 0) is 36.8 Å². The highest BCUT2D eigenvalue weighted by molar-refractivity contribution is 5.98. The molecule has 0 saturated heterocycles. The minimum absolute atomic E-state index is 0.242. The maximum Gasteiger partial charge on any atom is 0.271 e. The average Bonchev–Trinajstić information content (AvgIpc) is 2.56. The van der Waals surface area contributed by atoms with E-state index in [9.17, 15) is 4.79 Å². The lowest BCUT2D eigenvalue weighted by Gasteiger charge is -2.02. The van der Waals surface area contributed by atoms with E-state index in [-0.39, 0.29) is 5.91 Å². The van der Waals surface area contributed by atoms with Crippen LogP contribution in [0.2, 0.25) is 0 Å². The number of rotatable bonds is 3. The van der Waals surface area contributed by atoms with Crippen molar-refractivity contribution in [3.05, 3.63) is 77.5 Å². The minimum atomic E-state index is -0.242. The summed E-state index contributed by atoms with van der Waals surface area (Å²) in [4.78, 5) is 16.3. The lowest BCUT2D eigenvalue weighted by Crippen LogP contribution is -2.17. The fourth-order valence-electron chi connectivity index (χ4n) is 2.10. The monoisotopic (exact) mass is 289 g/mol. The summed E-state index contributed by atoms with van der Waals surface area (Å²) >= 11 is 0. The van der Waals surface area contributed by atoms with Crippen LogP contribution in [0.15, 0.2) is 65.9 Å². The first kappa shape index (κ1) is 13.9. The summed E-state index contributed by atoms with van der Waals surface area (Å²) in [6.07, 6.45) is 3.36. The van der Waals surface area contributed by atoms with Gasteiger partial charge in [-0.15, -0.1) is 0 Å². The van der Waals surface area contributed by atoms with Crippen molar-refractivity contribution in [1.82, 2.24) is 10.4 Å². The molecule has 22 heavy (non-hydrogen) atoms. The summed E-state index contributed by atoms with van der Waals surface area (Å²) in [6.45, 7) is 2.03. The Morgan fingerprint density at radius 2 is 1.95 bits per heavy atom. The zero-order chi connectivity index (χ0) is 15.4. The third kappa shape index (κ3) is 3.17. The van der Waals surface area contributed by atoms with E-state index in [4.69, 9.17) is 0 Å². The van der Waals surface area contributed by atoms with Crippen LogP contribution < -0.4 is 5.43 Å². The van der Waals surface area contributed by atoms with Crippen molar-refractivity contribution in [3.63, 3.8) is 0 Å². The molecule has 0 fully saturated rings. The average molecular weight is 289 g/mol. The van der Waals surface area contributed by atoms with Gasteiger partial charge >= 0.3 is 0 Å². The molecule has 0 atom stereocenters. The highest BCUT2D eigenvalue weighted by atomic mass is 16.2.